The highest BCUT2D eigenvalue weighted by Crippen LogP contribution is 2.42. The molecule has 2 aromatic carbocycles. The van der Waals surface area contributed by atoms with Crippen molar-refractivity contribution < 1.29 is 13.6 Å². The van der Waals surface area contributed by atoms with Gasteiger partial charge in [0.05, 0.1) is 11.7 Å². The van der Waals surface area contributed by atoms with Crippen LogP contribution in [0.2, 0.25) is 36.3 Å². The van der Waals surface area contributed by atoms with Crippen LogP contribution in [0.1, 0.15) is 84.5 Å². The van der Waals surface area contributed by atoms with Crippen LogP contribution >= 0.6 is 11.5 Å². The van der Waals surface area contributed by atoms with E-state index in [-0.39, 0.29) is 16.2 Å². The molecule has 47 heavy (non-hydrogen) atoms. The minimum atomic E-state index is -1.86. The standard InChI is InChI=1S/C37H56N4O3SSi2/c1-26(2)44-33-19-16-27(24-28(33)25-38)35-39-34(40-45-35)31-15-13-14-30-29(31)17-18-32(30)41(20-22-42-46(9,10)36(3,4)5)21-23-43-47(11,12)37(6,7)8/h13-16,19,24,26,32H,17-18,20-23H2,1-12H3. The molecule has 1 aliphatic carbocycles. The molecule has 4 rings (SSSR count). The SMILES string of the molecule is CC(C)Oc1ccc(-c2nc(-c3cccc4c3CCC4N(CCO[Si](C)(C)C(C)(C)C)CCO[Si](C)(C)C(C)(C)C)ns2)cc1C#N. The van der Waals surface area contributed by atoms with Gasteiger partial charge in [-0.2, -0.15) is 9.64 Å². The maximum absolute atomic E-state index is 9.74. The molecule has 1 atom stereocenters. The summed E-state index contributed by atoms with van der Waals surface area (Å²) in [4.78, 5) is 7.57. The lowest BCUT2D eigenvalue weighted by Gasteiger charge is -2.39. The third-order valence-electron chi connectivity index (χ3n) is 10.4. The summed E-state index contributed by atoms with van der Waals surface area (Å²) in [5.74, 6) is 1.34. The number of nitrogens with zero attached hydrogens (tertiary/aromatic N) is 4. The number of benzene rings is 2. The Morgan fingerprint density at radius 1 is 0.957 bits per heavy atom. The molecule has 1 aromatic heterocycles. The first-order chi connectivity index (χ1) is 21.8. The molecule has 3 aromatic rings. The molecule has 0 aliphatic heterocycles. The van der Waals surface area contributed by atoms with Gasteiger partial charge in [-0.15, -0.1) is 0 Å². The van der Waals surface area contributed by atoms with Gasteiger partial charge in [0.15, 0.2) is 22.5 Å². The molecule has 1 heterocycles. The summed E-state index contributed by atoms with van der Waals surface area (Å²) < 4.78 is 24.0. The van der Waals surface area contributed by atoms with E-state index in [1.165, 1.54) is 22.7 Å². The Kier molecular flexibility index (Phi) is 11.6. The van der Waals surface area contributed by atoms with E-state index in [9.17, 15) is 5.26 Å². The molecule has 256 valence electrons. The molecule has 0 N–H and O–H groups in total. The lowest BCUT2D eigenvalue weighted by Crippen LogP contribution is -2.45. The number of ether oxygens (including phenoxy) is 1. The van der Waals surface area contributed by atoms with E-state index < -0.39 is 16.6 Å². The molecular weight excluding hydrogens is 637 g/mol. The van der Waals surface area contributed by atoms with E-state index in [4.69, 9.17) is 22.9 Å². The molecule has 7 nitrogen and oxygen atoms in total. The molecule has 0 radical (unpaired) electrons. The van der Waals surface area contributed by atoms with Crippen molar-refractivity contribution in [3.05, 3.63) is 53.1 Å². The Morgan fingerprint density at radius 2 is 1.57 bits per heavy atom. The van der Waals surface area contributed by atoms with Gasteiger partial charge >= 0.3 is 0 Å². The van der Waals surface area contributed by atoms with E-state index in [0.29, 0.717) is 17.4 Å². The van der Waals surface area contributed by atoms with Gasteiger partial charge in [-0.25, -0.2) is 4.98 Å². The Hall–Kier alpha value is -2.40. The number of fused-ring (bicyclic) bond motifs is 1. The van der Waals surface area contributed by atoms with E-state index in [2.05, 4.69) is 96.9 Å². The number of hydrogen-bond acceptors (Lipinski definition) is 8. The highest BCUT2D eigenvalue weighted by atomic mass is 32.1. The van der Waals surface area contributed by atoms with Crippen LogP contribution in [-0.4, -0.2) is 63.3 Å². The number of aromatic nitrogens is 2. The molecule has 0 saturated carbocycles. The minimum Gasteiger partial charge on any atom is -0.490 e. The van der Waals surface area contributed by atoms with Crippen molar-refractivity contribution in [3.8, 4) is 33.8 Å². The zero-order chi connectivity index (χ0) is 34.8. The van der Waals surface area contributed by atoms with Crippen LogP contribution in [0.15, 0.2) is 36.4 Å². The first-order valence-electron chi connectivity index (χ1n) is 17.0. The van der Waals surface area contributed by atoms with Crippen LogP contribution in [-0.2, 0) is 15.3 Å². The van der Waals surface area contributed by atoms with Crippen LogP contribution in [0.4, 0.5) is 0 Å². The Labute approximate surface area is 290 Å². The van der Waals surface area contributed by atoms with Crippen LogP contribution in [0.5, 0.6) is 5.75 Å². The maximum Gasteiger partial charge on any atom is 0.192 e. The molecule has 0 amide bonds. The molecule has 0 saturated heterocycles. The summed E-state index contributed by atoms with van der Waals surface area (Å²) in [6.07, 6.45) is 2.02. The predicted octanol–water partition coefficient (Wildman–Crippen LogP) is 9.86. The van der Waals surface area contributed by atoms with Gasteiger partial charge in [-0.1, -0.05) is 59.7 Å². The van der Waals surface area contributed by atoms with Crippen molar-refractivity contribution in [1.82, 2.24) is 14.3 Å². The molecule has 0 bridgehead atoms. The summed E-state index contributed by atoms with van der Waals surface area (Å²) in [6.45, 7) is 30.3. The summed E-state index contributed by atoms with van der Waals surface area (Å²) in [7, 11) is -3.71. The lowest BCUT2D eigenvalue weighted by atomic mass is 10.0. The average molecular weight is 693 g/mol. The zero-order valence-corrected chi connectivity index (χ0v) is 33.6. The van der Waals surface area contributed by atoms with Crippen molar-refractivity contribution in [2.24, 2.45) is 0 Å². The first-order valence-corrected chi connectivity index (χ1v) is 23.6. The van der Waals surface area contributed by atoms with Crippen molar-refractivity contribution in [1.29, 1.82) is 5.26 Å². The summed E-state index contributed by atoms with van der Waals surface area (Å²) >= 11 is 1.37. The van der Waals surface area contributed by atoms with E-state index in [0.717, 1.165) is 61.1 Å². The number of hydrogen-bond donors (Lipinski definition) is 0. The largest absolute Gasteiger partial charge is 0.490 e. The minimum absolute atomic E-state index is 0.00423. The smallest absolute Gasteiger partial charge is 0.192 e. The lowest BCUT2D eigenvalue weighted by molar-refractivity contribution is 0.125. The van der Waals surface area contributed by atoms with Crippen molar-refractivity contribution >= 4 is 28.2 Å². The normalized spacial score (nSPS) is 15.7. The summed E-state index contributed by atoms with van der Waals surface area (Å²) in [5, 5.41) is 10.9. The second kappa shape index (κ2) is 14.6. The number of rotatable bonds is 13. The highest BCUT2D eigenvalue weighted by Gasteiger charge is 2.39. The van der Waals surface area contributed by atoms with Crippen LogP contribution in [0.3, 0.4) is 0 Å². The fourth-order valence-electron chi connectivity index (χ4n) is 5.47. The zero-order valence-electron chi connectivity index (χ0n) is 30.8. The van der Waals surface area contributed by atoms with Gasteiger partial charge in [-0.3, -0.25) is 4.90 Å². The van der Waals surface area contributed by atoms with E-state index >= 15 is 0 Å². The maximum atomic E-state index is 9.74. The molecule has 0 fully saturated rings. The van der Waals surface area contributed by atoms with Crippen molar-refractivity contribution in [2.75, 3.05) is 26.3 Å². The van der Waals surface area contributed by atoms with Gasteiger partial charge < -0.3 is 13.6 Å². The molecular formula is C37H56N4O3SSi2. The van der Waals surface area contributed by atoms with Crippen LogP contribution in [0.25, 0.3) is 22.0 Å². The fourth-order valence-corrected chi connectivity index (χ4v) is 8.21. The molecule has 10 heteroatoms. The van der Waals surface area contributed by atoms with Crippen LogP contribution < -0.4 is 4.74 Å². The van der Waals surface area contributed by atoms with Gasteiger partial charge in [0.1, 0.15) is 16.8 Å². The second-order valence-corrected chi connectivity index (χ2v) is 26.5. The van der Waals surface area contributed by atoms with E-state index in [1.54, 1.807) is 0 Å². The quantitative estimate of drug-likeness (QED) is 0.165. The van der Waals surface area contributed by atoms with Gasteiger partial charge in [0.2, 0.25) is 0 Å². The van der Waals surface area contributed by atoms with E-state index in [1.807, 2.05) is 32.0 Å². The van der Waals surface area contributed by atoms with Crippen molar-refractivity contribution in [2.45, 2.75) is 117 Å². The van der Waals surface area contributed by atoms with Gasteiger partial charge in [-0.05, 0) is 104 Å². The Bertz CT molecular complexity index is 1530. The van der Waals surface area contributed by atoms with Gasteiger partial charge in [0.25, 0.3) is 0 Å². The Balaban J connectivity index is 1.58. The second-order valence-electron chi connectivity index (χ2n) is 16.1. The monoisotopic (exact) mass is 692 g/mol. The summed E-state index contributed by atoms with van der Waals surface area (Å²) in [5.41, 5.74) is 5.18. The predicted molar refractivity (Wildman–Crippen MR) is 200 cm³/mol. The van der Waals surface area contributed by atoms with Gasteiger partial charge in [0, 0.05) is 43.5 Å². The number of nitriles is 1. The topological polar surface area (TPSA) is 80.5 Å². The third-order valence-corrected chi connectivity index (χ3v) is 20.2. The Morgan fingerprint density at radius 3 is 2.13 bits per heavy atom. The first kappa shape index (κ1) is 37.4. The van der Waals surface area contributed by atoms with Crippen molar-refractivity contribution in [3.63, 3.8) is 0 Å². The fraction of sp³-hybridized carbons (Fsp3) is 0.595. The summed E-state index contributed by atoms with van der Waals surface area (Å²) in [6, 6.07) is 14.8. The average Bonchev–Trinajstić information content (AvgIpc) is 3.63. The molecule has 1 aliphatic rings. The van der Waals surface area contributed by atoms with Crippen LogP contribution in [0, 0.1) is 11.3 Å². The third kappa shape index (κ3) is 8.80. The molecule has 0 spiro atoms. The highest BCUT2D eigenvalue weighted by molar-refractivity contribution is 7.09. The molecule has 1 unspecified atom stereocenters.